The van der Waals surface area contributed by atoms with Gasteiger partial charge in [0, 0.05) is 30.6 Å². The molecule has 0 spiro atoms. The number of amides is 1. The number of hydrogen-bond donors (Lipinski definition) is 1. The minimum absolute atomic E-state index is 0.0394. The Kier molecular flexibility index (Phi) is 7.02. The molecule has 1 aliphatic heterocycles. The average Bonchev–Trinajstić information content (AvgIpc) is 2.67. The molecule has 162 valence electrons. The van der Waals surface area contributed by atoms with E-state index in [1.807, 2.05) is 0 Å². The summed E-state index contributed by atoms with van der Waals surface area (Å²) < 4.78 is 54.1. The van der Waals surface area contributed by atoms with E-state index in [1.54, 1.807) is 13.0 Å². The van der Waals surface area contributed by atoms with Crippen molar-refractivity contribution in [1.82, 2.24) is 9.62 Å². The van der Waals surface area contributed by atoms with Crippen molar-refractivity contribution in [2.24, 2.45) is 5.92 Å². The summed E-state index contributed by atoms with van der Waals surface area (Å²) in [5, 5.41) is 2.80. The zero-order chi connectivity index (χ0) is 22.1. The Hall–Kier alpha value is -1.74. The van der Waals surface area contributed by atoms with Gasteiger partial charge in [-0.05, 0) is 38.0 Å². The number of carbonyl (C=O) groups is 1. The highest BCUT2D eigenvalue weighted by Gasteiger charge is 2.34. The first-order chi connectivity index (χ1) is 14.1. The molecular weight excluding hydrogens is 457 g/mol. The van der Waals surface area contributed by atoms with Crippen molar-refractivity contribution < 1.29 is 22.0 Å². The Morgan fingerprint density at radius 2 is 1.73 bits per heavy atom. The van der Waals surface area contributed by atoms with Gasteiger partial charge in [-0.15, -0.1) is 0 Å². The maximum absolute atomic E-state index is 13.9. The molecule has 0 radical (unpaired) electrons. The van der Waals surface area contributed by atoms with Gasteiger partial charge in [0.05, 0.1) is 16.1 Å². The van der Waals surface area contributed by atoms with Gasteiger partial charge in [-0.2, -0.15) is 4.31 Å². The first-order valence-electron chi connectivity index (χ1n) is 9.30. The van der Waals surface area contributed by atoms with E-state index in [2.05, 4.69) is 5.32 Å². The number of benzene rings is 2. The first kappa shape index (κ1) is 22.9. The van der Waals surface area contributed by atoms with E-state index in [4.69, 9.17) is 23.2 Å². The molecular formula is C20H20Cl2F2N2O3S. The van der Waals surface area contributed by atoms with Crippen LogP contribution < -0.4 is 5.32 Å². The van der Waals surface area contributed by atoms with Crippen molar-refractivity contribution in [3.63, 3.8) is 0 Å². The molecule has 3 rings (SSSR count). The van der Waals surface area contributed by atoms with Crippen molar-refractivity contribution in [3.8, 4) is 0 Å². The fraction of sp³-hybridized carbons (Fsp3) is 0.350. The van der Waals surface area contributed by atoms with Gasteiger partial charge in [0.2, 0.25) is 15.9 Å². The highest BCUT2D eigenvalue weighted by molar-refractivity contribution is 7.89. The van der Waals surface area contributed by atoms with Gasteiger partial charge >= 0.3 is 0 Å². The van der Waals surface area contributed by atoms with Crippen molar-refractivity contribution in [1.29, 1.82) is 0 Å². The number of hydrogen-bond acceptors (Lipinski definition) is 3. The normalized spacial score (nSPS) is 17.0. The SMILES string of the molecule is CC(NC(=O)C1CCN(S(=O)(=O)c2c(Cl)cccc2Cl)CC1)c1ccc(F)cc1F. The van der Waals surface area contributed by atoms with Crippen molar-refractivity contribution >= 4 is 39.1 Å². The lowest BCUT2D eigenvalue weighted by atomic mass is 9.96. The van der Waals surface area contributed by atoms with Crippen molar-refractivity contribution in [2.75, 3.05) is 13.1 Å². The van der Waals surface area contributed by atoms with E-state index >= 15 is 0 Å². The summed E-state index contributed by atoms with van der Waals surface area (Å²) in [6, 6.07) is 7.00. The predicted molar refractivity (Wildman–Crippen MR) is 111 cm³/mol. The van der Waals surface area contributed by atoms with Gasteiger partial charge < -0.3 is 5.32 Å². The molecule has 0 saturated carbocycles. The van der Waals surface area contributed by atoms with Crippen LogP contribution in [0, 0.1) is 17.6 Å². The molecule has 1 fully saturated rings. The molecule has 5 nitrogen and oxygen atoms in total. The van der Waals surface area contributed by atoms with Gasteiger partial charge in [0.25, 0.3) is 0 Å². The molecule has 2 aromatic carbocycles. The van der Waals surface area contributed by atoms with Crippen LogP contribution in [0.5, 0.6) is 0 Å². The molecule has 10 heteroatoms. The Balaban J connectivity index is 1.64. The summed E-state index contributed by atoms with van der Waals surface area (Å²) in [6.07, 6.45) is 0.595. The molecule has 1 amide bonds. The third-order valence-electron chi connectivity index (χ3n) is 5.13. The van der Waals surface area contributed by atoms with E-state index in [0.29, 0.717) is 12.8 Å². The summed E-state index contributed by atoms with van der Waals surface area (Å²) >= 11 is 12.1. The lowest BCUT2D eigenvalue weighted by Gasteiger charge is -2.31. The van der Waals surface area contributed by atoms with Gasteiger partial charge in [-0.25, -0.2) is 17.2 Å². The minimum Gasteiger partial charge on any atom is -0.349 e. The van der Waals surface area contributed by atoms with Crippen LogP contribution in [0.2, 0.25) is 10.0 Å². The molecule has 1 aliphatic rings. The second kappa shape index (κ2) is 9.18. The predicted octanol–water partition coefficient (Wildman–Crippen LogP) is 4.55. The first-order valence-corrected chi connectivity index (χ1v) is 11.5. The summed E-state index contributed by atoms with van der Waals surface area (Å²) in [4.78, 5) is 12.4. The summed E-state index contributed by atoms with van der Waals surface area (Å²) in [6.45, 7) is 1.86. The van der Waals surface area contributed by atoms with Gasteiger partial charge in [0.15, 0.2) is 0 Å². The molecule has 1 atom stereocenters. The average molecular weight is 477 g/mol. The standard InChI is InChI=1S/C20H20Cl2F2N2O3S/c1-12(15-6-5-14(23)11-18(15)24)25-20(27)13-7-9-26(10-8-13)30(28,29)19-16(21)3-2-4-17(19)22/h2-6,11-13H,7-10H2,1H3,(H,25,27). The zero-order valence-corrected chi connectivity index (χ0v) is 18.4. The summed E-state index contributed by atoms with van der Waals surface area (Å²) in [7, 11) is -3.90. The lowest BCUT2D eigenvalue weighted by molar-refractivity contribution is -0.126. The molecule has 0 aliphatic carbocycles. The Bertz CT molecular complexity index is 1040. The van der Waals surface area contributed by atoms with Crippen molar-refractivity contribution in [3.05, 3.63) is 63.6 Å². The van der Waals surface area contributed by atoms with Crippen LogP contribution in [0.15, 0.2) is 41.3 Å². The van der Waals surface area contributed by atoms with Crippen LogP contribution in [-0.4, -0.2) is 31.7 Å². The quantitative estimate of drug-likeness (QED) is 0.688. The number of nitrogens with one attached hydrogen (secondary N) is 1. The zero-order valence-electron chi connectivity index (χ0n) is 16.0. The molecule has 1 unspecified atom stereocenters. The number of rotatable bonds is 5. The summed E-state index contributed by atoms with van der Waals surface area (Å²) in [5.74, 6) is -2.16. The number of nitrogens with zero attached hydrogens (tertiary/aromatic N) is 1. The second-order valence-electron chi connectivity index (χ2n) is 7.13. The topological polar surface area (TPSA) is 66.5 Å². The van der Waals surface area contributed by atoms with Crippen LogP contribution in [0.1, 0.15) is 31.4 Å². The van der Waals surface area contributed by atoms with E-state index in [9.17, 15) is 22.0 Å². The fourth-order valence-corrected chi connectivity index (χ4v) is 6.04. The third-order valence-corrected chi connectivity index (χ3v) is 7.98. The lowest BCUT2D eigenvalue weighted by Crippen LogP contribution is -2.43. The van der Waals surface area contributed by atoms with Gasteiger partial charge in [0.1, 0.15) is 16.5 Å². The maximum Gasteiger partial charge on any atom is 0.246 e. The number of sulfonamides is 1. The molecule has 0 aromatic heterocycles. The van der Waals surface area contributed by atoms with Crippen LogP contribution in [-0.2, 0) is 14.8 Å². The van der Waals surface area contributed by atoms with E-state index in [-0.39, 0.29) is 39.5 Å². The van der Waals surface area contributed by atoms with Crippen LogP contribution in [0.3, 0.4) is 0 Å². The molecule has 0 bridgehead atoms. The Morgan fingerprint density at radius 1 is 1.13 bits per heavy atom. The molecule has 1 N–H and O–H groups in total. The van der Waals surface area contributed by atoms with Crippen LogP contribution in [0.25, 0.3) is 0 Å². The number of carbonyl (C=O) groups excluding carboxylic acids is 1. The smallest absolute Gasteiger partial charge is 0.246 e. The van der Waals surface area contributed by atoms with Gasteiger partial charge in [-0.3, -0.25) is 4.79 Å². The third kappa shape index (κ3) is 4.77. The molecule has 1 saturated heterocycles. The second-order valence-corrected chi connectivity index (χ2v) is 9.81. The van der Waals surface area contributed by atoms with Crippen molar-refractivity contribution in [2.45, 2.75) is 30.7 Å². The largest absolute Gasteiger partial charge is 0.349 e. The maximum atomic E-state index is 13.9. The van der Waals surface area contributed by atoms with E-state index in [1.165, 1.54) is 22.5 Å². The highest BCUT2D eigenvalue weighted by atomic mass is 35.5. The Labute approximate surface area is 184 Å². The van der Waals surface area contributed by atoms with E-state index < -0.39 is 33.6 Å². The monoisotopic (exact) mass is 476 g/mol. The number of piperidine rings is 1. The van der Waals surface area contributed by atoms with Gasteiger partial charge in [-0.1, -0.05) is 35.3 Å². The number of halogens is 4. The molecule has 1 heterocycles. The molecule has 2 aromatic rings. The van der Waals surface area contributed by atoms with E-state index in [0.717, 1.165) is 12.1 Å². The Morgan fingerprint density at radius 3 is 2.30 bits per heavy atom. The van der Waals surface area contributed by atoms with Crippen LogP contribution >= 0.6 is 23.2 Å². The molecule has 30 heavy (non-hydrogen) atoms. The van der Waals surface area contributed by atoms with Crippen LogP contribution in [0.4, 0.5) is 8.78 Å². The minimum atomic E-state index is -3.90. The summed E-state index contributed by atoms with van der Waals surface area (Å²) in [5.41, 5.74) is 0.179. The fourth-order valence-electron chi connectivity index (χ4n) is 3.48. The highest BCUT2D eigenvalue weighted by Crippen LogP contribution is 2.33.